The van der Waals surface area contributed by atoms with E-state index in [-0.39, 0.29) is 0 Å². The van der Waals surface area contributed by atoms with Gasteiger partial charge in [0, 0.05) is 0 Å². The van der Waals surface area contributed by atoms with Gasteiger partial charge < -0.3 is 5.11 Å². The quantitative estimate of drug-likeness (QED) is 0.646. The molecule has 0 aliphatic heterocycles. The SMILES string of the molecule is C=CC1(O)/C=C\CCCCCCCCC1. The van der Waals surface area contributed by atoms with E-state index in [4.69, 9.17) is 0 Å². The third kappa shape index (κ3) is 5.17. The fraction of sp³-hybridized carbons (Fsp3) is 0.714. The standard InChI is InChI=1S/C14H24O/c1-2-14(15)12-10-8-6-4-3-5-7-9-11-13-14/h2,10,12,15H,1,3-9,11,13H2/b12-10-. The van der Waals surface area contributed by atoms with Crippen LogP contribution in [0.4, 0.5) is 0 Å². The van der Waals surface area contributed by atoms with Gasteiger partial charge in [-0.1, -0.05) is 56.9 Å². The van der Waals surface area contributed by atoms with Crippen molar-refractivity contribution in [2.45, 2.75) is 63.4 Å². The lowest BCUT2D eigenvalue weighted by Crippen LogP contribution is -2.22. The lowest BCUT2D eigenvalue weighted by molar-refractivity contribution is 0.128. The highest BCUT2D eigenvalue weighted by atomic mass is 16.3. The van der Waals surface area contributed by atoms with E-state index < -0.39 is 5.60 Å². The van der Waals surface area contributed by atoms with Crippen molar-refractivity contribution in [1.82, 2.24) is 0 Å². The van der Waals surface area contributed by atoms with E-state index in [0.717, 1.165) is 19.3 Å². The molecule has 0 radical (unpaired) electrons. The smallest absolute Gasteiger partial charge is 0.101 e. The highest BCUT2D eigenvalue weighted by Crippen LogP contribution is 2.20. The molecular weight excluding hydrogens is 184 g/mol. The van der Waals surface area contributed by atoms with E-state index in [9.17, 15) is 5.11 Å². The molecule has 0 spiro atoms. The van der Waals surface area contributed by atoms with Crippen LogP contribution in [-0.2, 0) is 0 Å². The third-order valence-corrected chi connectivity index (χ3v) is 3.21. The van der Waals surface area contributed by atoms with Crippen LogP contribution < -0.4 is 0 Å². The van der Waals surface area contributed by atoms with Crippen molar-refractivity contribution in [2.24, 2.45) is 0 Å². The summed E-state index contributed by atoms with van der Waals surface area (Å²) in [5, 5.41) is 10.2. The molecule has 1 rings (SSSR count). The molecule has 0 aromatic heterocycles. The zero-order valence-corrected chi connectivity index (χ0v) is 9.75. The summed E-state index contributed by atoms with van der Waals surface area (Å²) < 4.78 is 0. The van der Waals surface area contributed by atoms with Gasteiger partial charge in [-0.05, 0) is 25.7 Å². The Morgan fingerprint density at radius 1 is 1.00 bits per heavy atom. The topological polar surface area (TPSA) is 20.2 Å². The van der Waals surface area contributed by atoms with Crippen molar-refractivity contribution in [1.29, 1.82) is 0 Å². The summed E-state index contributed by atoms with van der Waals surface area (Å²) in [5.74, 6) is 0. The average molecular weight is 208 g/mol. The molecule has 1 aliphatic rings. The second-order valence-electron chi connectivity index (χ2n) is 4.61. The van der Waals surface area contributed by atoms with Crippen LogP contribution in [-0.4, -0.2) is 10.7 Å². The number of rotatable bonds is 1. The van der Waals surface area contributed by atoms with Crippen LogP contribution in [0.1, 0.15) is 57.8 Å². The zero-order valence-electron chi connectivity index (χ0n) is 9.75. The predicted molar refractivity (Wildman–Crippen MR) is 65.8 cm³/mol. The highest BCUT2D eigenvalue weighted by molar-refractivity contribution is 5.11. The molecule has 0 fully saturated rings. The van der Waals surface area contributed by atoms with Gasteiger partial charge in [-0.25, -0.2) is 0 Å². The van der Waals surface area contributed by atoms with Gasteiger partial charge in [-0.3, -0.25) is 0 Å². The molecule has 0 bridgehead atoms. The van der Waals surface area contributed by atoms with Crippen LogP contribution >= 0.6 is 0 Å². The predicted octanol–water partition coefficient (Wildman–Crippen LogP) is 3.98. The summed E-state index contributed by atoms with van der Waals surface area (Å²) in [6.07, 6.45) is 16.6. The number of aliphatic hydroxyl groups is 1. The molecule has 1 nitrogen and oxygen atoms in total. The monoisotopic (exact) mass is 208 g/mol. The van der Waals surface area contributed by atoms with Crippen LogP contribution in [0.25, 0.3) is 0 Å². The molecule has 1 N–H and O–H groups in total. The van der Waals surface area contributed by atoms with E-state index >= 15 is 0 Å². The maximum Gasteiger partial charge on any atom is 0.101 e. The minimum atomic E-state index is -0.751. The van der Waals surface area contributed by atoms with E-state index in [1.54, 1.807) is 6.08 Å². The fourth-order valence-electron chi connectivity index (χ4n) is 2.10. The molecular formula is C14H24O. The second-order valence-corrected chi connectivity index (χ2v) is 4.61. The Hall–Kier alpha value is -0.560. The van der Waals surface area contributed by atoms with Gasteiger partial charge in [0.1, 0.15) is 5.60 Å². The Morgan fingerprint density at radius 3 is 2.27 bits per heavy atom. The summed E-state index contributed by atoms with van der Waals surface area (Å²) in [7, 11) is 0. The molecule has 0 aromatic carbocycles. The van der Waals surface area contributed by atoms with Crippen molar-refractivity contribution in [3.63, 3.8) is 0 Å². The number of allylic oxidation sites excluding steroid dienone is 1. The van der Waals surface area contributed by atoms with Crippen LogP contribution in [0.2, 0.25) is 0 Å². The summed E-state index contributed by atoms with van der Waals surface area (Å²) in [5.41, 5.74) is -0.751. The Labute approximate surface area is 93.9 Å². The van der Waals surface area contributed by atoms with Crippen molar-refractivity contribution in [3.05, 3.63) is 24.8 Å². The Balaban J connectivity index is 2.48. The van der Waals surface area contributed by atoms with Gasteiger partial charge in [0.25, 0.3) is 0 Å². The summed E-state index contributed by atoms with van der Waals surface area (Å²) in [4.78, 5) is 0. The summed E-state index contributed by atoms with van der Waals surface area (Å²) >= 11 is 0. The molecule has 0 saturated heterocycles. The molecule has 0 saturated carbocycles. The Bertz CT molecular complexity index is 207. The summed E-state index contributed by atoms with van der Waals surface area (Å²) in [6, 6.07) is 0. The first-order valence-electron chi connectivity index (χ1n) is 6.30. The maximum atomic E-state index is 10.2. The van der Waals surface area contributed by atoms with Crippen molar-refractivity contribution >= 4 is 0 Å². The molecule has 1 unspecified atom stereocenters. The zero-order chi connectivity index (χ0) is 11.0. The van der Waals surface area contributed by atoms with Crippen molar-refractivity contribution < 1.29 is 5.11 Å². The van der Waals surface area contributed by atoms with Crippen molar-refractivity contribution in [2.75, 3.05) is 0 Å². The second kappa shape index (κ2) is 6.84. The van der Waals surface area contributed by atoms with E-state index in [0.29, 0.717) is 0 Å². The van der Waals surface area contributed by atoms with Gasteiger partial charge in [0.2, 0.25) is 0 Å². The van der Waals surface area contributed by atoms with Crippen LogP contribution in [0.3, 0.4) is 0 Å². The van der Waals surface area contributed by atoms with Gasteiger partial charge >= 0.3 is 0 Å². The first kappa shape index (κ1) is 12.5. The number of hydrogen-bond donors (Lipinski definition) is 1. The lowest BCUT2D eigenvalue weighted by Gasteiger charge is -2.20. The molecule has 0 heterocycles. The normalized spacial score (nSPS) is 32.3. The molecule has 0 amide bonds. The minimum absolute atomic E-state index is 0.751. The maximum absolute atomic E-state index is 10.2. The lowest BCUT2D eigenvalue weighted by atomic mass is 9.93. The van der Waals surface area contributed by atoms with Gasteiger partial charge in [0.05, 0.1) is 0 Å². The van der Waals surface area contributed by atoms with Gasteiger partial charge in [0.15, 0.2) is 0 Å². The van der Waals surface area contributed by atoms with E-state index in [2.05, 4.69) is 12.7 Å². The Kier molecular flexibility index (Phi) is 5.70. The molecule has 15 heavy (non-hydrogen) atoms. The first-order valence-corrected chi connectivity index (χ1v) is 6.30. The van der Waals surface area contributed by atoms with E-state index in [1.807, 2.05) is 6.08 Å². The first-order chi connectivity index (χ1) is 7.27. The molecule has 1 atom stereocenters. The minimum Gasteiger partial charge on any atom is -0.382 e. The fourth-order valence-corrected chi connectivity index (χ4v) is 2.10. The average Bonchev–Trinajstić information content (AvgIpc) is 2.23. The van der Waals surface area contributed by atoms with Crippen molar-refractivity contribution in [3.8, 4) is 0 Å². The molecule has 86 valence electrons. The Morgan fingerprint density at radius 2 is 1.60 bits per heavy atom. The summed E-state index contributed by atoms with van der Waals surface area (Å²) in [6.45, 7) is 3.72. The van der Waals surface area contributed by atoms with Gasteiger partial charge in [-0.2, -0.15) is 0 Å². The number of hydrogen-bond acceptors (Lipinski definition) is 1. The molecule has 0 aromatic rings. The molecule has 1 aliphatic carbocycles. The third-order valence-electron chi connectivity index (χ3n) is 3.21. The van der Waals surface area contributed by atoms with Crippen LogP contribution in [0, 0.1) is 0 Å². The van der Waals surface area contributed by atoms with Gasteiger partial charge in [-0.15, -0.1) is 0 Å². The largest absolute Gasteiger partial charge is 0.382 e. The van der Waals surface area contributed by atoms with Crippen LogP contribution in [0.15, 0.2) is 24.8 Å². The highest BCUT2D eigenvalue weighted by Gasteiger charge is 2.17. The van der Waals surface area contributed by atoms with E-state index in [1.165, 1.54) is 38.5 Å². The molecule has 1 heteroatoms. The van der Waals surface area contributed by atoms with Crippen LogP contribution in [0.5, 0.6) is 0 Å².